The Hall–Kier alpha value is -2.63. The van der Waals surface area contributed by atoms with E-state index in [2.05, 4.69) is 24.3 Å². The number of carbonyl (C=O) groups is 1. The highest BCUT2D eigenvalue weighted by molar-refractivity contribution is 5.66. The topological polar surface area (TPSA) is 57.3 Å². The van der Waals surface area contributed by atoms with Gasteiger partial charge in [-0.2, -0.15) is 0 Å². The molecule has 2 aliphatic carbocycles. The van der Waals surface area contributed by atoms with Crippen LogP contribution >= 0.6 is 0 Å². The summed E-state index contributed by atoms with van der Waals surface area (Å²) in [5, 5.41) is 0. The summed E-state index contributed by atoms with van der Waals surface area (Å²) in [6.07, 6.45) is 0.901. The van der Waals surface area contributed by atoms with E-state index in [4.69, 9.17) is 18.9 Å². The highest BCUT2D eigenvalue weighted by atomic mass is 16.6. The van der Waals surface area contributed by atoms with Crippen LogP contribution in [0.15, 0.2) is 72.0 Å². The lowest BCUT2D eigenvalue weighted by Gasteiger charge is -2.27. The maximum Gasteiger partial charge on any atom is 0.302 e. The third-order valence-electron chi connectivity index (χ3n) is 6.27. The first-order valence-corrected chi connectivity index (χ1v) is 10.5. The summed E-state index contributed by atoms with van der Waals surface area (Å²) in [5.74, 6) is 1.22. The molecule has 1 saturated heterocycles. The Balaban J connectivity index is 1.33. The van der Waals surface area contributed by atoms with Gasteiger partial charge in [-0.05, 0) is 17.5 Å². The van der Waals surface area contributed by atoms with Crippen LogP contribution in [0.4, 0.5) is 0 Å². The Kier molecular flexibility index (Phi) is 5.32. The molecule has 156 valence electrons. The van der Waals surface area contributed by atoms with Crippen LogP contribution in [0.2, 0.25) is 0 Å². The van der Waals surface area contributed by atoms with Gasteiger partial charge in [0.05, 0.1) is 25.4 Å². The zero-order chi connectivity index (χ0) is 20.5. The molecular weight excluding hydrogens is 380 g/mol. The Morgan fingerprint density at radius 3 is 2.20 bits per heavy atom. The fourth-order valence-electron chi connectivity index (χ4n) is 4.86. The minimum absolute atomic E-state index is 0.0259. The molecule has 2 aromatic carbocycles. The van der Waals surface area contributed by atoms with Crippen LogP contribution in [0.25, 0.3) is 0 Å². The van der Waals surface area contributed by atoms with Crippen molar-refractivity contribution in [1.29, 1.82) is 0 Å². The van der Waals surface area contributed by atoms with Crippen molar-refractivity contribution in [3.8, 4) is 0 Å². The van der Waals surface area contributed by atoms with Crippen LogP contribution in [0, 0.1) is 11.8 Å². The third-order valence-corrected chi connectivity index (χ3v) is 6.27. The first-order valence-electron chi connectivity index (χ1n) is 10.5. The van der Waals surface area contributed by atoms with Gasteiger partial charge in [0, 0.05) is 24.3 Å². The summed E-state index contributed by atoms with van der Waals surface area (Å²) in [5.41, 5.74) is 3.36. The summed E-state index contributed by atoms with van der Waals surface area (Å²) in [6, 6.07) is 20.4. The van der Waals surface area contributed by atoms with Gasteiger partial charge in [0.1, 0.15) is 12.4 Å². The highest BCUT2D eigenvalue weighted by Gasteiger charge is 2.62. The van der Waals surface area contributed by atoms with Crippen LogP contribution < -0.4 is 0 Å². The van der Waals surface area contributed by atoms with E-state index in [1.807, 2.05) is 36.4 Å². The lowest BCUT2D eigenvalue weighted by Crippen LogP contribution is -2.33. The molecule has 0 aromatic heterocycles. The minimum Gasteiger partial charge on any atom is -0.482 e. The molecule has 5 rings (SSSR count). The molecule has 0 amide bonds. The van der Waals surface area contributed by atoms with Gasteiger partial charge in [-0.25, -0.2) is 0 Å². The highest BCUT2D eigenvalue weighted by Crippen LogP contribution is 2.58. The average Bonchev–Trinajstić information content (AvgIpc) is 3.38. The molecule has 30 heavy (non-hydrogen) atoms. The van der Waals surface area contributed by atoms with E-state index in [0.29, 0.717) is 19.1 Å². The molecule has 0 N–H and O–H groups in total. The van der Waals surface area contributed by atoms with Gasteiger partial charge in [0.15, 0.2) is 6.10 Å². The number of fused-ring (bicyclic) bond motifs is 3. The van der Waals surface area contributed by atoms with E-state index in [9.17, 15) is 4.79 Å². The maximum absolute atomic E-state index is 11.4. The van der Waals surface area contributed by atoms with Gasteiger partial charge in [-0.3, -0.25) is 4.79 Å². The van der Waals surface area contributed by atoms with E-state index in [0.717, 1.165) is 28.9 Å². The molecule has 2 aromatic rings. The van der Waals surface area contributed by atoms with Crippen molar-refractivity contribution in [1.82, 2.24) is 0 Å². The zero-order valence-corrected chi connectivity index (χ0v) is 17.0. The van der Waals surface area contributed by atoms with Gasteiger partial charge in [0.2, 0.25) is 0 Å². The average molecular weight is 406 g/mol. The predicted octanol–water partition coefficient (Wildman–Crippen LogP) is 4.02. The minimum atomic E-state index is -0.277. The Morgan fingerprint density at radius 2 is 1.57 bits per heavy atom. The molecule has 5 atom stereocenters. The standard InChI is InChI=1S/C25H26O5/c1-16(26)27-15-20-22-19(23-24(20)30-23)12-21(28-13-17-8-4-2-5-9-17)25(22)29-14-18-10-6-3-7-11-18/h2-11,19,21-23,25H,12-15H2,1H3/t19-,21-,22+,23-,25-/m1/s1. The number of epoxide rings is 1. The first kappa shape index (κ1) is 19.3. The van der Waals surface area contributed by atoms with E-state index < -0.39 is 0 Å². The van der Waals surface area contributed by atoms with Crippen LogP contribution in [-0.2, 0) is 37.0 Å². The molecule has 1 saturated carbocycles. The second kappa shape index (κ2) is 8.25. The molecule has 0 bridgehead atoms. The second-order valence-electron chi connectivity index (χ2n) is 8.23. The fourth-order valence-corrected chi connectivity index (χ4v) is 4.86. The van der Waals surface area contributed by atoms with Crippen molar-refractivity contribution >= 4 is 5.97 Å². The largest absolute Gasteiger partial charge is 0.482 e. The van der Waals surface area contributed by atoms with Crippen molar-refractivity contribution in [2.45, 2.75) is 44.9 Å². The van der Waals surface area contributed by atoms with Crippen LogP contribution in [0.5, 0.6) is 0 Å². The third kappa shape index (κ3) is 3.87. The summed E-state index contributed by atoms with van der Waals surface area (Å²) >= 11 is 0. The van der Waals surface area contributed by atoms with Crippen LogP contribution in [0.1, 0.15) is 24.5 Å². The van der Waals surface area contributed by atoms with E-state index in [-0.39, 0.29) is 36.8 Å². The molecule has 2 fully saturated rings. The Morgan fingerprint density at radius 1 is 0.933 bits per heavy atom. The van der Waals surface area contributed by atoms with Gasteiger partial charge in [0.25, 0.3) is 0 Å². The monoisotopic (exact) mass is 406 g/mol. The van der Waals surface area contributed by atoms with Crippen molar-refractivity contribution in [2.24, 2.45) is 11.8 Å². The van der Waals surface area contributed by atoms with Crippen molar-refractivity contribution < 1.29 is 23.7 Å². The number of esters is 1. The van der Waals surface area contributed by atoms with Gasteiger partial charge < -0.3 is 18.9 Å². The Labute approximate surface area is 176 Å². The quantitative estimate of drug-likeness (QED) is 0.490. The van der Waals surface area contributed by atoms with E-state index >= 15 is 0 Å². The molecule has 3 aliphatic rings. The number of hydrogen-bond acceptors (Lipinski definition) is 5. The summed E-state index contributed by atoms with van der Waals surface area (Å²) in [7, 11) is 0. The van der Waals surface area contributed by atoms with Gasteiger partial charge >= 0.3 is 5.97 Å². The van der Waals surface area contributed by atoms with Crippen molar-refractivity contribution in [2.75, 3.05) is 6.61 Å². The van der Waals surface area contributed by atoms with Crippen molar-refractivity contribution in [3.63, 3.8) is 0 Å². The molecule has 0 radical (unpaired) electrons. The predicted molar refractivity (Wildman–Crippen MR) is 110 cm³/mol. The molecule has 0 spiro atoms. The maximum atomic E-state index is 11.4. The molecule has 0 unspecified atom stereocenters. The molecule has 1 heterocycles. The number of ether oxygens (including phenoxy) is 4. The fraction of sp³-hybridized carbons (Fsp3) is 0.400. The molecule has 5 heteroatoms. The zero-order valence-electron chi connectivity index (χ0n) is 17.0. The number of carbonyl (C=O) groups excluding carboxylic acids is 1. The molecular formula is C25H26O5. The lowest BCUT2D eigenvalue weighted by molar-refractivity contribution is -0.140. The normalized spacial score (nSPS) is 28.6. The number of rotatable bonds is 8. The van der Waals surface area contributed by atoms with E-state index in [1.54, 1.807) is 0 Å². The summed E-state index contributed by atoms with van der Waals surface area (Å²) < 4.78 is 24.0. The number of hydrogen-bond donors (Lipinski definition) is 0. The summed E-state index contributed by atoms with van der Waals surface area (Å²) in [6.45, 7) is 2.80. The smallest absolute Gasteiger partial charge is 0.302 e. The summed E-state index contributed by atoms with van der Waals surface area (Å²) in [4.78, 5) is 11.4. The van der Waals surface area contributed by atoms with E-state index in [1.165, 1.54) is 6.92 Å². The lowest BCUT2D eigenvalue weighted by atomic mass is 9.92. The number of benzene rings is 2. The Bertz CT molecular complexity index is 923. The van der Waals surface area contributed by atoms with Crippen LogP contribution in [0.3, 0.4) is 0 Å². The molecule has 1 aliphatic heterocycles. The molecule has 5 nitrogen and oxygen atoms in total. The van der Waals surface area contributed by atoms with Crippen molar-refractivity contribution in [3.05, 3.63) is 83.1 Å². The second-order valence-corrected chi connectivity index (χ2v) is 8.23. The van der Waals surface area contributed by atoms with Gasteiger partial charge in [-0.15, -0.1) is 0 Å². The first-order chi connectivity index (χ1) is 14.7. The van der Waals surface area contributed by atoms with Crippen LogP contribution in [-0.4, -0.2) is 30.9 Å². The SMILES string of the molecule is CC(=O)OCC1=C2O[C@@H]2[C@@H]2C[C@@H](OCc3ccccc3)[C@@H](OCc3ccccc3)[C@H]12. The van der Waals surface area contributed by atoms with Gasteiger partial charge in [-0.1, -0.05) is 60.7 Å².